The summed E-state index contributed by atoms with van der Waals surface area (Å²) in [5.74, 6) is 3.02. The summed E-state index contributed by atoms with van der Waals surface area (Å²) in [7, 11) is 3.61. The molecule has 4 heteroatoms. The highest BCUT2D eigenvalue weighted by Crippen LogP contribution is 2.39. The molecule has 0 fully saturated rings. The van der Waals surface area contributed by atoms with Crippen molar-refractivity contribution in [3.8, 4) is 17.2 Å². The summed E-state index contributed by atoms with van der Waals surface area (Å²) in [6.07, 6.45) is 1.76. The number of para-hydroxylation sites is 1. The molecule has 130 valence electrons. The van der Waals surface area contributed by atoms with Gasteiger partial charge in [0.1, 0.15) is 23.5 Å². The molecule has 0 spiro atoms. The highest BCUT2D eigenvalue weighted by molar-refractivity contribution is 5.94. The van der Waals surface area contributed by atoms with Gasteiger partial charge in [-0.25, -0.2) is 0 Å². The Bertz CT molecular complexity index is 1020. The summed E-state index contributed by atoms with van der Waals surface area (Å²) in [5.41, 5.74) is 0.862. The smallest absolute Gasteiger partial charge is 0.207 e. The number of nitrogens with zero attached hydrogens (tertiary/aromatic N) is 1. The monoisotopic (exact) mass is 345 g/mol. The van der Waals surface area contributed by atoms with Crippen molar-refractivity contribution in [1.29, 1.82) is 0 Å². The highest BCUT2D eigenvalue weighted by Gasteiger charge is 2.17. The van der Waals surface area contributed by atoms with Gasteiger partial charge in [-0.3, -0.25) is 0 Å². The van der Waals surface area contributed by atoms with Crippen LogP contribution in [0.4, 0.5) is 11.6 Å². The third-order valence-electron chi connectivity index (χ3n) is 4.28. The number of ether oxygens (including phenoxy) is 2. The van der Waals surface area contributed by atoms with Crippen LogP contribution in [0.15, 0.2) is 83.5 Å². The first-order chi connectivity index (χ1) is 12.8. The average molecular weight is 345 g/mol. The van der Waals surface area contributed by atoms with Crippen LogP contribution in [0.5, 0.6) is 17.2 Å². The van der Waals surface area contributed by atoms with E-state index in [4.69, 9.17) is 13.9 Å². The van der Waals surface area contributed by atoms with Crippen molar-refractivity contribution in [3.05, 3.63) is 79.1 Å². The van der Waals surface area contributed by atoms with Crippen LogP contribution >= 0.6 is 0 Å². The molecule has 0 saturated heterocycles. The Labute approximate surface area is 152 Å². The summed E-state index contributed by atoms with van der Waals surface area (Å²) in [4.78, 5) is 1.97. The molecule has 4 rings (SSSR count). The van der Waals surface area contributed by atoms with Gasteiger partial charge in [0, 0.05) is 23.9 Å². The number of methoxy groups -OCH3 is 1. The fourth-order valence-electron chi connectivity index (χ4n) is 2.97. The molecule has 3 aromatic carbocycles. The van der Waals surface area contributed by atoms with Crippen LogP contribution in [-0.2, 0) is 0 Å². The predicted molar refractivity (Wildman–Crippen MR) is 104 cm³/mol. The molecule has 26 heavy (non-hydrogen) atoms. The Morgan fingerprint density at radius 3 is 2.42 bits per heavy atom. The molecule has 0 radical (unpaired) electrons. The summed E-state index contributed by atoms with van der Waals surface area (Å²) in [5, 5.41) is 2.11. The summed E-state index contributed by atoms with van der Waals surface area (Å²) >= 11 is 0. The lowest BCUT2D eigenvalue weighted by atomic mass is 10.2. The Kier molecular flexibility index (Phi) is 4.23. The minimum Gasteiger partial charge on any atom is -0.495 e. The molecule has 0 N–H and O–H groups in total. The van der Waals surface area contributed by atoms with E-state index >= 15 is 0 Å². The van der Waals surface area contributed by atoms with E-state index in [9.17, 15) is 0 Å². The van der Waals surface area contributed by atoms with E-state index in [2.05, 4.69) is 0 Å². The van der Waals surface area contributed by atoms with Crippen molar-refractivity contribution in [3.63, 3.8) is 0 Å². The molecule has 0 aliphatic rings. The molecule has 4 aromatic rings. The van der Waals surface area contributed by atoms with Crippen molar-refractivity contribution in [2.24, 2.45) is 0 Å². The number of anilines is 2. The van der Waals surface area contributed by atoms with Crippen LogP contribution in [0, 0.1) is 0 Å². The molecule has 1 heterocycles. The van der Waals surface area contributed by atoms with Crippen LogP contribution < -0.4 is 14.4 Å². The van der Waals surface area contributed by atoms with Gasteiger partial charge in [-0.05, 0) is 30.3 Å². The van der Waals surface area contributed by atoms with Gasteiger partial charge < -0.3 is 18.8 Å². The van der Waals surface area contributed by atoms with Crippen LogP contribution in [0.1, 0.15) is 0 Å². The second-order valence-corrected chi connectivity index (χ2v) is 5.94. The van der Waals surface area contributed by atoms with E-state index in [-0.39, 0.29) is 0 Å². The lowest BCUT2D eigenvalue weighted by molar-refractivity contribution is 0.413. The summed E-state index contributed by atoms with van der Waals surface area (Å²) in [6.45, 7) is 0. The Balaban J connectivity index is 1.73. The third-order valence-corrected chi connectivity index (χ3v) is 4.28. The van der Waals surface area contributed by atoms with Gasteiger partial charge in [0.15, 0.2) is 0 Å². The van der Waals surface area contributed by atoms with Crippen LogP contribution in [0.25, 0.3) is 10.8 Å². The van der Waals surface area contributed by atoms with Crippen molar-refractivity contribution >= 4 is 22.3 Å². The summed E-state index contributed by atoms with van der Waals surface area (Å²) in [6, 6.07) is 23.5. The van der Waals surface area contributed by atoms with E-state index in [1.165, 1.54) is 0 Å². The van der Waals surface area contributed by atoms with E-state index in [1.807, 2.05) is 84.7 Å². The topological polar surface area (TPSA) is 34.8 Å². The number of benzene rings is 3. The third kappa shape index (κ3) is 2.97. The zero-order valence-corrected chi connectivity index (χ0v) is 14.7. The van der Waals surface area contributed by atoms with Crippen molar-refractivity contribution in [1.82, 2.24) is 0 Å². The molecule has 0 amide bonds. The fourth-order valence-corrected chi connectivity index (χ4v) is 2.97. The lowest BCUT2D eigenvalue weighted by Gasteiger charge is -2.20. The van der Waals surface area contributed by atoms with Gasteiger partial charge in [0.2, 0.25) is 5.88 Å². The number of hydrogen-bond acceptors (Lipinski definition) is 4. The number of fused-ring (bicyclic) bond motifs is 1. The Morgan fingerprint density at radius 2 is 1.62 bits per heavy atom. The van der Waals surface area contributed by atoms with Crippen molar-refractivity contribution in [2.75, 3.05) is 19.1 Å². The normalized spacial score (nSPS) is 10.7. The molecule has 1 aromatic heterocycles. The van der Waals surface area contributed by atoms with Gasteiger partial charge in [-0.1, -0.05) is 36.4 Å². The first-order valence-electron chi connectivity index (χ1n) is 8.37. The minimum atomic E-state index is 0.731. The molecular formula is C22H19NO3. The fraction of sp³-hybridized carbons (Fsp3) is 0.0909. The predicted octanol–water partition coefficient (Wildman–Crippen LogP) is 6.00. The van der Waals surface area contributed by atoms with Gasteiger partial charge in [0.25, 0.3) is 0 Å². The second kappa shape index (κ2) is 6.84. The maximum absolute atomic E-state index is 5.96. The highest BCUT2D eigenvalue weighted by atomic mass is 16.5. The maximum atomic E-state index is 5.96. The van der Waals surface area contributed by atoms with Gasteiger partial charge >= 0.3 is 0 Å². The second-order valence-electron chi connectivity index (χ2n) is 5.94. The largest absolute Gasteiger partial charge is 0.495 e. The standard InChI is InChI=1S/C22H19NO3/c1-23(22-19-11-7-6-8-16(19)15-25-22)20-14-18(12-13-21(20)24-2)26-17-9-4-3-5-10-17/h3-15H,1-2H3. The van der Waals surface area contributed by atoms with Crippen LogP contribution in [0.2, 0.25) is 0 Å². The first kappa shape index (κ1) is 16.1. The Hall–Kier alpha value is -3.40. The van der Waals surface area contributed by atoms with Crippen LogP contribution in [0.3, 0.4) is 0 Å². The number of rotatable bonds is 5. The zero-order chi connectivity index (χ0) is 17.9. The molecule has 0 unspecified atom stereocenters. The van der Waals surface area contributed by atoms with E-state index in [1.54, 1.807) is 13.4 Å². The van der Waals surface area contributed by atoms with Gasteiger partial charge in [0.05, 0.1) is 12.8 Å². The quantitative estimate of drug-likeness (QED) is 0.444. The van der Waals surface area contributed by atoms with Crippen LogP contribution in [-0.4, -0.2) is 14.2 Å². The average Bonchev–Trinajstić information content (AvgIpc) is 3.12. The molecule has 0 saturated carbocycles. The molecule has 0 aliphatic heterocycles. The lowest BCUT2D eigenvalue weighted by Crippen LogP contribution is -2.10. The van der Waals surface area contributed by atoms with E-state index in [0.717, 1.165) is 39.6 Å². The SMILES string of the molecule is COc1ccc(Oc2ccccc2)cc1N(C)c1occ2ccccc12. The van der Waals surface area contributed by atoms with E-state index in [0.29, 0.717) is 0 Å². The van der Waals surface area contributed by atoms with Crippen molar-refractivity contribution < 1.29 is 13.9 Å². The number of furan rings is 1. The van der Waals surface area contributed by atoms with Gasteiger partial charge in [-0.2, -0.15) is 0 Å². The summed E-state index contributed by atoms with van der Waals surface area (Å²) < 4.78 is 17.3. The molecular weight excluding hydrogens is 326 g/mol. The molecule has 0 bridgehead atoms. The van der Waals surface area contributed by atoms with Gasteiger partial charge in [-0.15, -0.1) is 0 Å². The minimum absolute atomic E-state index is 0.731. The first-order valence-corrected chi connectivity index (χ1v) is 8.37. The Morgan fingerprint density at radius 1 is 0.846 bits per heavy atom. The maximum Gasteiger partial charge on any atom is 0.207 e. The van der Waals surface area contributed by atoms with E-state index < -0.39 is 0 Å². The molecule has 0 aliphatic carbocycles. The zero-order valence-electron chi connectivity index (χ0n) is 14.7. The number of hydrogen-bond donors (Lipinski definition) is 0. The molecule has 4 nitrogen and oxygen atoms in total. The van der Waals surface area contributed by atoms with Crippen molar-refractivity contribution in [2.45, 2.75) is 0 Å². The molecule has 0 atom stereocenters.